The maximum absolute atomic E-state index is 12.8. The van der Waals surface area contributed by atoms with Gasteiger partial charge in [0.15, 0.2) is 9.84 Å². The van der Waals surface area contributed by atoms with Crippen LogP contribution in [0.25, 0.3) is 0 Å². The van der Waals surface area contributed by atoms with Crippen molar-refractivity contribution in [2.75, 3.05) is 43.0 Å². The number of nitrogens with zero attached hydrogens (tertiary/aromatic N) is 2. The van der Waals surface area contributed by atoms with Crippen LogP contribution in [0.15, 0.2) is 84.9 Å². The lowest BCUT2D eigenvalue weighted by Crippen LogP contribution is -2.51. The Bertz CT molecular complexity index is 1230. The van der Waals surface area contributed by atoms with Crippen molar-refractivity contribution in [3.63, 3.8) is 0 Å². The molecule has 0 bridgehead atoms. The molecule has 1 saturated heterocycles. The van der Waals surface area contributed by atoms with Crippen LogP contribution in [0.4, 0.5) is 5.69 Å². The van der Waals surface area contributed by atoms with E-state index in [0.717, 1.165) is 5.56 Å². The summed E-state index contributed by atoms with van der Waals surface area (Å²) in [6, 6.07) is 27.6. The molecule has 0 radical (unpaired) electrons. The maximum atomic E-state index is 12.8. The number of hydrogen-bond acceptors (Lipinski definition) is 5. The molecule has 8 heteroatoms. The zero-order valence-corrected chi connectivity index (χ0v) is 21.2. The summed E-state index contributed by atoms with van der Waals surface area (Å²) < 4.78 is 25.1. The van der Waals surface area contributed by atoms with Gasteiger partial charge in [-0.1, -0.05) is 78.4 Å². The Hall–Kier alpha value is -3.49. The quantitative estimate of drug-likeness (QED) is 0.508. The third-order valence-electron chi connectivity index (χ3n) is 6.29. The SMILES string of the molecule is Cc1ccc(NC(=O)CS(=O)(=O)CC(=O)N2CCN(C(c3ccccc3)c3ccccc3)CC2)cc1. The van der Waals surface area contributed by atoms with Crippen molar-refractivity contribution in [3.05, 3.63) is 102 Å². The van der Waals surface area contributed by atoms with Crippen LogP contribution in [-0.4, -0.2) is 67.7 Å². The molecule has 1 heterocycles. The number of hydrogen-bond donors (Lipinski definition) is 1. The summed E-state index contributed by atoms with van der Waals surface area (Å²) in [4.78, 5) is 28.9. The highest BCUT2D eigenvalue weighted by atomic mass is 32.2. The Balaban J connectivity index is 1.34. The fourth-order valence-corrected chi connectivity index (χ4v) is 5.61. The van der Waals surface area contributed by atoms with Crippen molar-refractivity contribution in [2.24, 2.45) is 0 Å². The van der Waals surface area contributed by atoms with Gasteiger partial charge in [0.2, 0.25) is 11.8 Å². The lowest BCUT2D eigenvalue weighted by Gasteiger charge is -2.39. The van der Waals surface area contributed by atoms with E-state index in [4.69, 9.17) is 0 Å². The topological polar surface area (TPSA) is 86.8 Å². The molecular formula is C28H31N3O4S. The number of nitrogens with one attached hydrogen (secondary N) is 1. The minimum Gasteiger partial charge on any atom is -0.339 e. The third kappa shape index (κ3) is 6.80. The molecule has 3 aromatic rings. The summed E-state index contributed by atoms with van der Waals surface area (Å²) in [6.07, 6.45) is 0. The number of carbonyl (C=O) groups excluding carboxylic acids is 2. The van der Waals surface area contributed by atoms with E-state index < -0.39 is 33.2 Å². The molecular weight excluding hydrogens is 474 g/mol. The van der Waals surface area contributed by atoms with E-state index in [1.54, 1.807) is 17.0 Å². The molecule has 0 spiro atoms. The second-order valence-electron chi connectivity index (χ2n) is 9.09. The molecule has 0 unspecified atom stereocenters. The fraction of sp³-hybridized carbons (Fsp3) is 0.286. The summed E-state index contributed by atoms with van der Waals surface area (Å²) in [5.74, 6) is -2.51. The van der Waals surface area contributed by atoms with Gasteiger partial charge in [0, 0.05) is 31.9 Å². The normalized spacial score (nSPS) is 14.6. The maximum Gasteiger partial charge on any atom is 0.239 e. The first kappa shape index (κ1) is 25.6. The second kappa shape index (κ2) is 11.5. The average molecular weight is 506 g/mol. The molecule has 0 atom stereocenters. The zero-order valence-electron chi connectivity index (χ0n) is 20.3. The monoisotopic (exact) mass is 505 g/mol. The molecule has 7 nitrogen and oxygen atoms in total. The minimum atomic E-state index is -3.89. The Morgan fingerprint density at radius 3 is 1.83 bits per heavy atom. The van der Waals surface area contributed by atoms with Crippen LogP contribution in [0.2, 0.25) is 0 Å². The van der Waals surface area contributed by atoms with Gasteiger partial charge in [-0.25, -0.2) is 8.42 Å². The number of piperazine rings is 1. The first-order valence-electron chi connectivity index (χ1n) is 12.0. The average Bonchev–Trinajstić information content (AvgIpc) is 2.87. The molecule has 1 fully saturated rings. The van der Waals surface area contributed by atoms with Crippen molar-refractivity contribution >= 4 is 27.3 Å². The molecule has 0 aromatic heterocycles. The fourth-order valence-electron chi connectivity index (χ4n) is 4.48. The summed E-state index contributed by atoms with van der Waals surface area (Å²) in [6.45, 7) is 4.02. The highest BCUT2D eigenvalue weighted by molar-refractivity contribution is 7.92. The van der Waals surface area contributed by atoms with E-state index in [-0.39, 0.29) is 6.04 Å². The first-order valence-corrected chi connectivity index (χ1v) is 13.8. The molecule has 4 rings (SSSR count). The van der Waals surface area contributed by atoms with Gasteiger partial charge in [-0.3, -0.25) is 14.5 Å². The van der Waals surface area contributed by atoms with Crippen LogP contribution in [0.5, 0.6) is 0 Å². The molecule has 3 aromatic carbocycles. The summed E-state index contributed by atoms with van der Waals surface area (Å²) in [5.41, 5.74) is 3.90. The number of carbonyl (C=O) groups is 2. The molecule has 1 aliphatic rings. The Labute approximate surface area is 212 Å². The van der Waals surface area contributed by atoms with Crippen molar-refractivity contribution in [1.82, 2.24) is 9.80 Å². The molecule has 188 valence electrons. The van der Waals surface area contributed by atoms with E-state index in [0.29, 0.717) is 31.9 Å². The minimum absolute atomic E-state index is 0.0545. The van der Waals surface area contributed by atoms with E-state index in [1.165, 1.54) is 11.1 Å². The summed E-state index contributed by atoms with van der Waals surface area (Å²) in [7, 11) is -3.89. The lowest BCUT2D eigenvalue weighted by molar-refractivity contribution is -0.130. The van der Waals surface area contributed by atoms with Crippen molar-refractivity contribution < 1.29 is 18.0 Å². The first-order chi connectivity index (χ1) is 17.3. The molecule has 1 aliphatic heterocycles. The van der Waals surface area contributed by atoms with Crippen LogP contribution in [0.3, 0.4) is 0 Å². The van der Waals surface area contributed by atoms with E-state index in [9.17, 15) is 18.0 Å². The van der Waals surface area contributed by atoms with Gasteiger partial charge in [0.25, 0.3) is 0 Å². The molecule has 1 N–H and O–H groups in total. The zero-order chi connectivity index (χ0) is 25.5. The molecule has 0 aliphatic carbocycles. The van der Waals surface area contributed by atoms with Gasteiger partial charge in [-0.15, -0.1) is 0 Å². The Kier molecular flexibility index (Phi) is 8.18. The van der Waals surface area contributed by atoms with Gasteiger partial charge in [0.1, 0.15) is 11.5 Å². The van der Waals surface area contributed by atoms with Crippen LogP contribution in [-0.2, 0) is 19.4 Å². The predicted molar refractivity (Wildman–Crippen MR) is 141 cm³/mol. The highest BCUT2D eigenvalue weighted by Crippen LogP contribution is 2.29. The lowest BCUT2D eigenvalue weighted by atomic mass is 9.96. The van der Waals surface area contributed by atoms with E-state index in [2.05, 4.69) is 34.5 Å². The predicted octanol–water partition coefficient (Wildman–Crippen LogP) is 3.28. The smallest absolute Gasteiger partial charge is 0.239 e. The van der Waals surface area contributed by atoms with Crippen LogP contribution >= 0.6 is 0 Å². The van der Waals surface area contributed by atoms with Crippen molar-refractivity contribution in [3.8, 4) is 0 Å². The Morgan fingerprint density at radius 1 is 0.778 bits per heavy atom. The second-order valence-corrected chi connectivity index (χ2v) is 11.2. The van der Waals surface area contributed by atoms with Crippen LogP contribution in [0.1, 0.15) is 22.7 Å². The van der Waals surface area contributed by atoms with Gasteiger partial charge in [-0.05, 0) is 30.2 Å². The summed E-state index contributed by atoms with van der Waals surface area (Å²) >= 11 is 0. The Morgan fingerprint density at radius 2 is 1.31 bits per heavy atom. The number of amides is 2. The van der Waals surface area contributed by atoms with E-state index >= 15 is 0 Å². The number of rotatable bonds is 8. The van der Waals surface area contributed by atoms with E-state index in [1.807, 2.05) is 55.5 Å². The molecule has 2 amide bonds. The number of aryl methyl sites for hydroxylation is 1. The standard InChI is InChI=1S/C28H31N3O4S/c1-22-12-14-25(15-13-22)29-26(32)20-36(34,35)21-27(33)30-16-18-31(19-17-30)28(23-8-4-2-5-9-23)24-10-6-3-7-11-24/h2-15,28H,16-21H2,1H3,(H,29,32). The van der Waals surface area contributed by atoms with Gasteiger partial charge in [0.05, 0.1) is 6.04 Å². The van der Waals surface area contributed by atoms with Gasteiger partial charge in [-0.2, -0.15) is 0 Å². The van der Waals surface area contributed by atoms with Gasteiger partial charge >= 0.3 is 0 Å². The number of sulfone groups is 1. The number of benzene rings is 3. The highest BCUT2D eigenvalue weighted by Gasteiger charge is 2.30. The van der Waals surface area contributed by atoms with Gasteiger partial charge < -0.3 is 10.2 Å². The number of anilines is 1. The largest absolute Gasteiger partial charge is 0.339 e. The summed E-state index contributed by atoms with van der Waals surface area (Å²) in [5, 5.41) is 2.58. The van der Waals surface area contributed by atoms with Crippen LogP contribution in [0, 0.1) is 6.92 Å². The molecule has 0 saturated carbocycles. The van der Waals surface area contributed by atoms with Crippen molar-refractivity contribution in [2.45, 2.75) is 13.0 Å². The van der Waals surface area contributed by atoms with Crippen LogP contribution < -0.4 is 5.32 Å². The van der Waals surface area contributed by atoms with Crippen molar-refractivity contribution in [1.29, 1.82) is 0 Å². The molecule has 36 heavy (non-hydrogen) atoms. The third-order valence-corrected chi connectivity index (χ3v) is 7.68.